The molecule has 3 aliphatic heterocycles. The average Bonchev–Trinajstić information content (AvgIpc) is 3.53. The second-order valence-corrected chi connectivity index (χ2v) is 12.7. The molecule has 1 aromatic heterocycles. The highest BCUT2D eigenvalue weighted by Gasteiger charge is 2.34. The number of aryl methyl sites for hydroxylation is 1. The van der Waals surface area contributed by atoms with E-state index in [1.165, 1.54) is 28.1 Å². The molecule has 11 nitrogen and oxygen atoms in total. The summed E-state index contributed by atoms with van der Waals surface area (Å²) >= 11 is 0. The van der Waals surface area contributed by atoms with E-state index in [9.17, 15) is 14.9 Å². The van der Waals surface area contributed by atoms with E-state index in [1.54, 1.807) is 4.90 Å². The Bertz CT molecular complexity index is 1680. The minimum atomic E-state index is -0.772. The molecule has 4 heterocycles. The van der Waals surface area contributed by atoms with Gasteiger partial charge >= 0.3 is 12.0 Å². The average molecular weight is 638 g/mol. The lowest BCUT2D eigenvalue weighted by atomic mass is 9.99. The quantitative estimate of drug-likeness (QED) is 0.304. The summed E-state index contributed by atoms with van der Waals surface area (Å²) in [6.45, 7) is 10.8. The molecule has 0 radical (unpaired) electrons. The first-order valence-electron chi connectivity index (χ1n) is 16.6. The van der Waals surface area contributed by atoms with Gasteiger partial charge in [0.15, 0.2) is 0 Å². The minimum absolute atomic E-state index is 0.159. The van der Waals surface area contributed by atoms with E-state index in [2.05, 4.69) is 70.7 Å². The molecule has 11 heteroatoms. The smallest absolute Gasteiger partial charge is 0.318 e. The van der Waals surface area contributed by atoms with Crippen molar-refractivity contribution < 1.29 is 19.4 Å². The van der Waals surface area contributed by atoms with Gasteiger partial charge in [-0.2, -0.15) is 15.2 Å². The molecule has 0 unspecified atom stereocenters. The van der Waals surface area contributed by atoms with Crippen molar-refractivity contribution in [3.05, 3.63) is 65.9 Å². The van der Waals surface area contributed by atoms with Gasteiger partial charge < -0.3 is 24.5 Å². The number of carbonyl (C=O) groups excluding carboxylic acids is 1. The molecule has 0 saturated carbocycles. The molecule has 0 aliphatic carbocycles. The Hall–Kier alpha value is -4.69. The zero-order valence-electron chi connectivity index (χ0n) is 27.1. The van der Waals surface area contributed by atoms with E-state index >= 15 is 0 Å². The van der Waals surface area contributed by atoms with Crippen molar-refractivity contribution in [3.63, 3.8) is 0 Å². The number of hydrogen-bond donors (Lipinski definition) is 1. The number of piperazine rings is 1. The van der Waals surface area contributed by atoms with Crippen LogP contribution >= 0.6 is 0 Å². The van der Waals surface area contributed by atoms with Crippen LogP contribution in [0.4, 0.5) is 11.5 Å². The number of carboxylic acid groups (broad SMARTS) is 1. The van der Waals surface area contributed by atoms with Gasteiger partial charge in [-0.15, -0.1) is 0 Å². The number of carbonyl (C=O) groups is 2. The van der Waals surface area contributed by atoms with Gasteiger partial charge in [-0.3, -0.25) is 14.5 Å². The van der Waals surface area contributed by atoms with Gasteiger partial charge in [0.1, 0.15) is 12.4 Å². The van der Waals surface area contributed by atoms with Crippen molar-refractivity contribution in [3.8, 4) is 12.1 Å². The second kappa shape index (κ2) is 14.4. The molecule has 2 aromatic carbocycles. The highest BCUT2D eigenvalue weighted by molar-refractivity contribution is 5.97. The maximum Gasteiger partial charge on any atom is 0.318 e. The summed E-state index contributed by atoms with van der Waals surface area (Å²) in [5, 5.41) is 21.1. The summed E-state index contributed by atoms with van der Waals surface area (Å²) in [6, 6.07) is 15.3. The Morgan fingerprint density at radius 2 is 1.94 bits per heavy atom. The molecule has 2 atom stereocenters. The van der Waals surface area contributed by atoms with Crippen LogP contribution in [-0.2, 0) is 22.6 Å². The van der Waals surface area contributed by atoms with Crippen LogP contribution in [0.1, 0.15) is 48.9 Å². The van der Waals surface area contributed by atoms with Crippen LogP contribution in [0.2, 0.25) is 0 Å². The number of aliphatic carboxylic acids is 1. The topological polar surface area (TPSA) is 126 Å². The predicted molar refractivity (Wildman–Crippen MR) is 181 cm³/mol. The maximum absolute atomic E-state index is 12.6. The first kappa shape index (κ1) is 32.3. The molecule has 0 spiro atoms. The third-order valence-electron chi connectivity index (χ3n) is 9.76. The summed E-state index contributed by atoms with van der Waals surface area (Å²) in [6.07, 6.45) is 5.09. The van der Waals surface area contributed by atoms with Gasteiger partial charge in [0.2, 0.25) is 5.91 Å². The third-order valence-corrected chi connectivity index (χ3v) is 9.76. The fourth-order valence-corrected chi connectivity index (χ4v) is 7.41. The van der Waals surface area contributed by atoms with Crippen LogP contribution in [-0.4, -0.2) is 94.7 Å². The summed E-state index contributed by atoms with van der Waals surface area (Å²) in [5.41, 5.74) is 4.42. The van der Waals surface area contributed by atoms with Gasteiger partial charge in [-0.05, 0) is 68.8 Å². The van der Waals surface area contributed by atoms with Crippen molar-refractivity contribution in [1.82, 2.24) is 19.8 Å². The van der Waals surface area contributed by atoms with E-state index in [1.807, 2.05) is 0 Å². The second-order valence-electron chi connectivity index (χ2n) is 12.7. The van der Waals surface area contributed by atoms with E-state index in [0.717, 1.165) is 56.0 Å². The highest BCUT2D eigenvalue weighted by atomic mass is 16.5. The molecule has 6 rings (SSSR count). The molecule has 0 bridgehead atoms. The van der Waals surface area contributed by atoms with E-state index < -0.39 is 5.97 Å². The number of ether oxygens (including phenoxy) is 1. The molecular formula is C36H43N7O4. The van der Waals surface area contributed by atoms with Crippen LogP contribution in [0.5, 0.6) is 6.01 Å². The Morgan fingerprint density at radius 1 is 1.11 bits per heavy atom. The number of fused-ring (bicyclic) bond motifs is 2. The Labute approximate surface area is 276 Å². The molecule has 3 aromatic rings. The standard InChI is InChI=1S/C36H43N7O4/c1-3-32(44)43-21-20-42(22-27(43)14-16-37)35-29-15-19-41(31-12-5-10-26-9-4-8-25(2)34(26)31)23-30(29)38-36(39-35)47-24-28-11-6-17-40(28)18-7-13-33(45)46/h3-5,8-10,12,27-28H,1,6-7,11,13-15,17-24H2,2H3,(H,45,46)/t27-,28-/m0/s1. The van der Waals surface area contributed by atoms with Crippen molar-refractivity contribution in [1.29, 1.82) is 5.26 Å². The fraction of sp³-hybridized carbons (Fsp3) is 0.472. The van der Waals surface area contributed by atoms with Crippen LogP contribution in [0.25, 0.3) is 10.8 Å². The van der Waals surface area contributed by atoms with Crippen molar-refractivity contribution in [2.75, 3.05) is 55.7 Å². The van der Waals surface area contributed by atoms with Crippen molar-refractivity contribution in [2.24, 2.45) is 0 Å². The SMILES string of the molecule is C=CC(=O)N1CCN(c2nc(OC[C@@H]3CCCN3CCCC(=O)O)nc3c2CCN(c2cccc4cccc(C)c24)C3)C[C@@H]1CC#N. The molecule has 47 heavy (non-hydrogen) atoms. The summed E-state index contributed by atoms with van der Waals surface area (Å²) in [7, 11) is 0. The number of hydrogen-bond acceptors (Lipinski definition) is 9. The van der Waals surface area contributed by atoms with E-state index in [-0.39, 0.29) is 30.8 Å². The Balaban J connectivity index is 1.29. The molecular weight excluding hydrogens is 594 g/mol. The zero-order chi connectivity index (χ0) is 32.9. The molecule has 2 saturated heterocycles. The van der Waals surface area contributed by atoms with E-state index in [4.69, 9.17) is 19.8 Å². The Morgan fingerprint density at radius 3 is 2.72 bits per heavy atom. The Kier molecular flexibility index (Phi) is 9.87. The molecule has 1 amide bonds. The van der Waals surface area contributed by atoms with Gasteiger partial charge in [-0.1, -0.05) is 36.9 Å². The van der Waals surface area contributed by atoms with Gasteiger partial charge in [-0.25, -0.2) is 0 Å². The lowest BCUT2D eigenvalue weighted by Gasteiger charge is -2.42. The zero-order valence-corrected chi connectivity index (χ0v) is 27.1. The largest absolute Gasteiger partial charge is 0.481 e. The number of nitrogens with zero attached hydrogens (tertiary/aromatic N) is 7. The van der Waals surface area contributed by atoms with Gasteiger partial charge in [0, 0.05) is 55.3 Å². The first-order chi connectivity index (χ1) is 22.9. The molecule has 1 N–H and O–H groups in total. The normalized spacial score (nSPS) is 19.8. The van der Waals surface area contributed by atoms with Crippen LogP contribution in [0.3, 0.4) is 0 Å². The number of anilines is 2. The number of nitriles is 1. The molecule has 2 fully saturated rings. The summed E-state index contributed by atoms with van der Waals surface area (Å²) in [4.78, 5) is 42.3. The predicted octanol–water partition coefficient (Wildman–Crippen LogP) is 4.33. The number of likely N-dealkylation sites (tertiary alicyclic amines) is 1. The third kappa shape index (κ3) is 7.03. The fourth-order valence-electron chi connectivity index (χ4n) is 7.41. The summed E-state index contributed by atoms with van der Waals surface area (Å²) in [5.74, 6) is -0.118. The lowest BCUT2D eigenvalue weighted by molar-refractivity contribution is -0.137. The maximum atomic E-state index is 12.6. The van der Waals surface area contributed by atoms with Crippen LogP contribution in [0, 0.1) is 18.3 Å². The van der Waals surface area contributed by atoms with Gasteiger partial charge in [0.05, 0.1) is 30.8 Å². The van der Waals surface area contributed by atoms with Gasteiger partial charge in [0.25, 0.3) is 0 Å². The van der Waals surface area contributed by atoms with E-state index in [0.29, 0.717) is 45.2 Å². The number of benzene rings is 2. The number of amides is 1. The van der Waals surface area contributed by atoms with Crippen LogP contribution < -0.4 is 14.5 Å². The number of aromatic nitrogens is 2. The number of rotatable bonds is 11. The minimum Gasteiger partial charge on any atom is -0.481 e. The molecule has 3 aliphatic rings. The molecule has 246 valence electrons. The monoisotopic (exact) mass is 637 g/mol. The number of carboxylic acids is 1. The first-order valence-corrected chi connectivity index (χ1v) is 16.6. The van der Waals surface area contributed by atoms with Crippen molar-refractivity contribution >= 4 is 34.2 Å². The van der Waals surface area contributed by atoms with Crippen LogP contribution in [0.15, 0.2) is 49.1 Å². The summed E-state index contributed by atoms with van der Waals surface area (Å²) < 4.78 is 6.37. The van der Waals surface area contributed by atoms with Crippen molar-refractivity contribution in [2.45, 2.75) is 64.1 Å². The highest BCUT2D eigenvalue weighted by Crippen LogP contribution is 2.36. The lowest BCUT2D eigenvalue weighted by Crippen LogP contribution is -2.55.